The quantitative estimate of drug-likeness (QED) is 0.625. The zero-order valence-electron chi connectivity index (χ0n) is 9.27. The third-order valence-corrected chi connectivity index (χ3v) is 4.04. The maximum absolute atomic E-state index is 9.16. The predicted octanol–water partition coefficient (Wildman–Crippen LogP) is 3.14. The molecule has 1 rings (SSSR count). The second-order valence-corrected chi connectivity index (χ2v) is 5.54. The summed E-state index contributed by atoms with van der Waals surface area (Å²) in [5, 5.41) is 17.9. The van der Waals surface area contributed by atoms with Gasteiger partial charge < -0.3 is 5.11 Å². The average molecular weight is 253 g/mol. The van der Waals surface area contributed by atoms with Crippen LogP contribution in [0.2, 0.25) is 0 Å². The van der Waals surface area contributed by atoms with E-state index in [4.69, 9.17) is 10.4 Å². The van der Waals surface area contributed by atoms with Crippen LogP contribution in [0.3, 0.4) is 0 Å². The third kappa shape index (κ3) is 3.75. The molecule has 2 nitrogen and oxygen atoms in total. The molecule has 0 aromatic heterocycles. The molecule has 0 saturated carbocycles. The van der Waals surface area contributed by atoms with Gasteiger partial charge in [-0.05, 0) is 24.3 Å². The van der Waals surface area contributed by atoms with Gasteiger partial charge in [-0.15, -0.1) is 23.5 Å². The molecule has 0 spiro atoms. The van der Waals surface area contributed by atoms with E-state index in [0.717, 1.165) is 33.3 Å². The van der Waals surface area contributed by atoms with Gasteiger partial charge in [0, 0.05) is 22.2 Å². The maximum Gasteiger partial charge on any atom is 0.101 e. The first-order valence-electron chi connectivity index (χ1n) is 5.23. The molecule has 0 amide bonds. The van der Waals surface area contributed by atoms with Crippen molar-refractivity contribution in [3.63, 3.8) is 0 Å². The second-order valence-electron chi connectivity index (χ2n) is 3.10. The molecule has 0 bridgehead atoms. The lowest BCUT2D eigenvalue weighted by Crippen LogP contribution is -1.90. The van der Waals surface area contributed by atoms with E-state index in [2.05, 4.69) is 13.0 Å². The van der Waals surface area contributed by atoms with E-state index in [1.54, 1.807) is 23.5 Å². The number of aliphatic hydroxyl groups excluding tert-OH is 1. The Bertz CT molecular complexity index is 374. The highest BCUT2D eigenvalue weighted by molar-refractivity contribution is 8.00. The summed E-state index contributed by atoms with van der Waals surface area (Å²) in [6, 6.07) is 8.22. The fourth-order valence-electron chi connectivity index (χ4n) is 1.26. The van der Waals surface area contributed by atoms with Crippen LogP contribution in [0.15, 0.2) is 28.0 Å². The number of rotatable bonds is 6. The lowest BCUT2D eigenvalue weighted by Gasteiger charge is -2.07. The molecule has 16 heavy (non-hydrogen) atoms. The first-order valence-corrected chi connectivity index (χ1v) is 7.20. The molecule has 0 aliphatic heterocycles. The molecule has 0 fully saturated rings. The van der Waals surface area contributed by atoms with Gasteiger partial charge in [0.15, 0.2) is 0 Å². The van der Waals surface area contributed by atoms with Crippen LogP contribution in [-0.2, 0) is 0 Å². The van der Waals surface area contributed by atoms with Gasteiger partial charge >= 0.3 is 0 Å². The van der Waals surface area contributed by atoms with Crippen LogP contribution >= 0.6 is 23.5 Å². The monoisotopic (exact) mass is 253 g/mol. The zero-order chi connectivity index (χ0) is 11.8. The van der Waals surface area contributed by atoms with Crippen LogP contribution in [0.5, 0.6) is 0 Å². The zero-order valence-corrected chi connectivity index (χ0v) is 10.9. The number of thioether (sulfide) groups is 2. The molecule has 4 heteroatoms. The fraction of sp³-hybridized carbons (Fsp3) is 0.417. The summed E-state index contributed by atoms with van der Waals surface area (Å²) < 4.78 is 0. The van der Waals surface area contributed by atoms with E-state index in [1.807, 2.05) is 18.2 Å². The molecular formula is C12H15NOS2. The molecule has 1 aromatic rings. The number of nitrogens with zero attached hydrogens (tertiary/aromatic N) is 1. The molecule has 1 aromatic carbocycles. The number of aliphatic hydroxyl groups is 1. The minimum atomic E-state index is 0.207. The highest BCUT2D eigenvalue weighted by Gasteiger charge is 2.07. The van der Waals surface area contributed by atoms with Crippen LogP contribution in [0.4, 0.5) is 0 Å². The predicted molar refractivity (Wildman–Crippen MR) is 70.0 cm³/mol. The number of nitriles is 1. The van der Waals surface area contributed by atoms with E-state index in [1.165, 1.54) is 0 Å². The molecule has 0 atom stereocenters. The molecule has 86 valence electrons. The Kier molecular flexibility index (Phi) is 6.39. The Morgan fingerprint density at radius 3 is 2.56 bits per heavy atom. The lowest BCUT2D eigenvalue weighted by atomic mass is 10.2. The first-order chi connectivity index (χ1) is 7.83. The molecule has 0 heterocycles. The smallest absolute Gasteiger partial charge is 0.101 e. The minimum absolute atomic E-state index is 0.207. The summed E-state index contributed by atoms with van der Waals surface area (Å²) in [4.78, 5) is 2.08. The fourth-order valence-corrected chi connectivity index (χ4v) is 3.08. The summed E-state index contributed by atoms with van der Waals surface area (Å²) in [6.45, 7) is 2.29. The third-order valence-electron chi connectivity index (χ3n) is 1.96. The summed E-state index contributed by atoms with van der Waals surface area (Å²) in [5.41, 5.74) is 0.775. The highest BCUT2D eigenvalue weighted by atomic mass is 32.2. The van der Waals surface area contributed by atoms with Crippen molar-refractivity contribution in [1.82, 2.24) is 0 Å². The van der Waals surface area contributed by atoms with Crippen molar-refractivity contribution in [3.05, 3.63) is 23.8 Å². The van der Waals surface area contributed by atoms with Crippen LogP contribution in [-0.4, -0.2) is 23.2 Å². The highest BCUT2D eigenvalue weighted by Crippen LogP contribution is 2.30. The standard InChI is InChI=1S/C12H15NOS2/c1-2-15-11-5-3-6-12(10(11)9-13)16-8-4-7-14/h3,5-6,14H,2,4,7-8H2,1H3. The van der Waals surface area contributed by atoms with Crippen molar-refractivity contribution >= 4 is 23.5 Å². The maximum atomic E-state index is 9.16. The molecular weight excluding hydrogens is 238 g/mol. The van der Waals surface area contributed by atoms with Gasteiger partial charge in [0.2, 0.25) is 0 Å². The van der Waals surface area contributed by atoms with E-state index < -0.39 is 0 Å². The SMILES string of the molecule is CCSc1cccc(SCCCO)c1C#N. The molecule has 0 unspecified atom stereocenters. The first kappa shape index (κ1) is 13.4. The molecule has 0 saturated heterocycles. The Balaban J connectivity index is 2.83. The van der Waals surface area contributed by atoms with Crippen molar-refractivity contribution in [2.75, 3.05) is 18.1 Å². The van der Waals surface area contributed by atoms with E-state index in [0.29, 0.717) is 0 Å². The van der Waals surface area contributed by atoms with Crippen LogP contribution in [0.1, 0.15) is 18.9 Å². The van der Waals surface area contributed by atoms with Gasteiger partial charge in [-0.2, -0.15) is 5.26 Å². The van der Waals surface area contributed by atoms with Gasteiger partial charge in [0.1, 0.15) is 6.07 Å². The van der Waals surface area contributed by atoms with E-state index in [-0.39, 0.29) is 6.61 Å². The summed E-state index contributed by atoms with van der Waals surface area (Å²) in [5.74, 6) is 1.82. The molecule has 0 aliphatic rings. The Hall–Kier alpha value is -0.630. The minimum Gasteiger partial charge on any atom is -0.396 e. The van der Waals surface area contributed by atoms with E-state index >= 15 is 0 Å². The normalized spacial score (nSPS) is 10.1. The summed E-state index contributed by atoms with van der Waals surface area (Å²) >= 11 is 3.34. The lowest BCUT2D eigenvalue weighted by molar-refractivity contribution is 0.296. The summed E-state index contributed by atoms with van der Waals surface area (Å²) in [7, 11) is 0. The molecule has 0 aliphatic carbocycles. The van der Waals surface area contributed by atoms with Crippen molar-refractivity contribution in [1.29, 1.82) is 5.26 Å². The van der Waals surface area contributed by atoms with Crippen molar-refractivity contribution in [3.8, 4) is 6.07 Å². The summed E-state index contributed by atoms with van der Waals surface area (Å²) in [6.07, 6.45) is 0.765. The van der Waals surface area contributed by atoms with Gasteiger partial charge in [-0.25, -0.2) is 0 Å². The average Bonchev–Trinajstić information content (AvgIpc) is 2.30. The van der Waals surface area contributed by atoms with E-state index in [9.17, 15) is 0 Å². The van der Waals surface area contributed by atoms with Gasteiger partial charge in [0.05, 0.1) is 5.56 Å². The van der Waals surface area contributed by atoms with Crippen molar-refractivity contribution in [2.45, 2.75) is 23.1 Å². The van der Waals surface area contributed by atoms with Crippen molar-refractivity contribution in [2.24, 2.45) is 0 Å². The number of hydrogen-bond acceptors (Lipinski definition) is 4. The Labute approximate surface area is 105 Å². The molecule has 0 radical (unpaired) electrons. The molecule has 1 N–H and O–H groups in total. The number of benzene rings is 1. The van der Waals surface area contributed by atoms with Crippen LogP contribution in [0.25, 0.3) is 0 Å². The van der Waals surface area contributed by atoms with Gasteiger partial charge in [-0.1, -0.05) is 13.0 Å². The van der Waals surface area contributed by atoms with Gasteiger partial charge in [0.25, 0.3) is 0 Å². The second kappa shape index (κ2) is 7.61. The topological polar surface area (TPSA) is 44.0 Å². The van der Waals surface area contributed by atoms with Crippen LogP contribution in [0, 0.1) is 11.3 Å². The Morgan fingerprint density at radius 2 is 2.00 bits per heavy atom. The Morgan fingerprint density at radius 1 is 1.31 bits per heavy atom. The largest absolute Gasteiger partial charge is 0.396 e. The van der Waals surface area contributed by atoms with Crippen LogP contribution < -0.4 is 0 Å². The number of hydrogen-bond donors (Lipinski definition) is 1. The van der Waals surface area contributed by atoms with Crippen molar-refractivity contribution < 1.29 is 5.11 Å². The van der Waals surface area contributed by atoms with Gasteiger partial charge in [-0.3, -0.25) is 0 Å².